The zero-order valence-electron chi connectivity index (χ0n) is 14.4. The lowest BCUT2D eigenvalue weighted by molar-refractivity contribution is 0.0778. The van der Waals surface area contributed by atoms with E-state index >= 15 is 0 Å². The van der Waals surface area contributed by atoms with Crippen LogP contribution in [0.3, 0.4) is 0 Å². The van der Waals surface area contributed by atoms with E-state index in [-0.39, 0.29) is 24.3 Å². The van der Waals surface area contributed by atoms with Gasteiger partial charge in [-0.3, -0.25) is 4.79 Å². The summed E-state index contributed by atoms with van der Waals surface area (Å²) in [5.74, 6) is 0.165. The maximum Gasteiger partial charge on any atom is 0.251 e. The molecular formula is C16H26N2O5S. The Bertz CT molecular complexity index is 599. The molecule has 1 aromatic carbocycles. The quantitative estimate of drug-likeness (QED) is 0.579. The number of benzene rings is 1. The Morgan fingerprint density at radius 1 is 1.17 bits per heavy atom. The van der Waals surface area contributed by atoms with Crippen LogP contribution in [0.2, 0.25) is 0 Å². The first-order valence-electron chi connectivity index (χ1n) is 7.85. The highest BCUT2D eigenvalue weighted by molar-refractivity contribution is 7.89. The summed E-state index contributed by atoms with van der Waals surface area (Å²) in [6.07, 6.45) is 0.741. The molecule has 0 aliphatic carbocycles. The van der Waals surface area contributed by atoms with Crippen LogP contribution in [-0.2, 0) is 14.8 Å². The number of hydrogen-bond donors (Lipinski definition) is 2. The predicted octanol–water partition coefficient (Wildman–Crippen LogP) is 1.16. The second kappa shape index (κ2) is 10.3. The Balaban J connectivity index is 2.27. The van der Waals surface area contributed by atoms with Crippen molar-refractivity contribution in [3.8, 4) is 5.75 Å². The van der Waals surface area contributed by atoms with Gasteiger partial charge in [0.15, 0.2) is 0 Å². The molecule has 0 spiro atoms. The third-order valence-electron chi connectivity index (χ3n) is 3.10. The normalized spacial score (nSPS) is 11.5. The number of methoxy groups -OCH3 is 1. The van der Waals surface area contributed by atoms with Gasteiger partial charge in [0.25, 0.3) is 5.91 Å². The van der Waals surface area contributed by atoms with Crippen molar-refractivity contribution in [2.45, 2.75) is 26.4 Å². The lowest BCUT2D eigenvalue weighted by Gasteiger charge is -2.09. The van der Waals surface area contributed by atoms with Gasteiger partial charge in [0.2, 0.25) is 10.0 Å². The Morgan fingerprint density at radius 2 is 1.83 bits per heavy atom. The molecule has 0 fully saturated rings. The molecule has 0 saturated carbocycles. The van der Waals surface area contributed by atoms with Gasteiger partial charge in [-0.25, -0.2) is 13.1 Å². The second-order valence-electron chi connectivity index (χ2n) is 5.47. The predicted molar refractivity (Wildman–Crippen MR) is 92.8 cm³/mol. The molecule has 0 atom stereocenters. The Labute approximate surface area is 143 Å². The SMILES string of the molecule is COc1ccc(C(=O)NCCS(=O)(=O)NCCCOC(C)C)cc1. The Hall–Kier alpha value is -1.64. The van der Waals surface area contributed by atoms with E-state index in [0.29, 0.717) is 30.9 Å². The average Bonchev–Trinajstić information content (AvgIpc) is 2.54. The van der Waals surface area contributed by atoms with Crippen molar-refractivity contribution in [3.05, 3.63) is 29.8 Å². The molecule has 2 N–H and O–H groups in total. The van der Waals surface area contributed by atoms with Gasteiger partial charge < -0.3 is 14.8 Å². The maximum absolute atomic E-state index is 11.9. The van der Waals surface area contributed by atoms with Gasteiger partial charge in [-0.1, -0.05) is 0 Å². The number of carbonyl (C=O) groups excluding carboxylic acids is 1. The van der Waals surface area contributed by atoms with E-state index in [0.717, 1.165) is 0 Å². The zero-order valence-corrected chi connectivity index (χ0v) is 15.2. The molecule has 1 amide bonds. The first-order chi connectivity index (χ1) is 11.3. The summed E-state index contributed by atoms with van der Waals surface area (Å²) in [5, 5.41) is 2.59. The van der Waals surface area contributed by atoms with E-state index in [1.54, 1.807) is 31.4 Å². The highest BCUT2D eigenvalue weighted by Crippen LogP contribution is 2.10. The summed E-state index contributed by atoms with van der Waals surface area (Å²) in [7, 11) is -1.87. The van der Waals surface area contributed by atoms with Crippen LogP contribution < -0.4 is 14.8 Å². The van der Waals surface area contributed by atoms with Gasteiger partial charge in [0.1, 0.15) is 5.75 Å². The molecule has 0 heterocycles. The van der Waals surface area contributed by atoms with Crippen LogP contribution >= 0.6 is 0 Å². The zero-order chi connectivity index (χ0) is 18.0. The number of hydrogen-bond acceptors (Lipinski definition) is 5. The largest absolute Gasteiger partial charge is 0.497 e. The van der Waals surface area contributed by atoms with E-state index in [1.807, 2.05) is 13.8 Å². The minimum atomic E-state index is -3.41. The number of ether oxygens (including phenoxy) is 2. The number of rotatable bonds is 11. The summed E-state index contributed by atoms with van der Waals surface area (Å²) in [6.45, 7) is 4.73. The van der Waals surface area contributed by atoms with Crippen molar-refractivity contribution in [2.75, 3.05) is 32.6 Å². The third-order valence-corrected chi connectivity index (χ3v) is 4.49. The summed E-state index contributed by atoms with van der Waals surface area (Å²) in [5.41, 5.74) is 0.451. The fraction of sp³-hybridized carbons (Fsp3) is 0.562. The molecule has 24 heavy (non-hydrogen) atoms. The van der Waals surface area contributed by atoms with Crippen molar-refractivity contribution in [2.24, 2.45) is 0 Å². The van der Waals surface area contributed by atoms with Crippen molar-refractivity contribution in [1.82, 2.24) is 10.0 Å². The van der Waals surface area contributed by atoms with E-state index in [4.69, 9.17) is 9.47 Å². The molecule has 0 saturated heterocycles. The molecular weight excluding hydrogens is 332 g/mol. The molecule has 0 aliphatic rings. The topological polar surface area (TPSA) is 93.7 Å². The van der Waals surface area contributed by atoms with Gasteiger partial charge in [-0.15, -0.1) is 0 Å². The fourth-order valence-corrected chi connectivity index (χ4v) is 2.80. The molecule has 0 radical (unpaired) electrons. The van der Waals surface area contributed by atoms with Crippen molar-refractivity contribution >= 4 is 15.9 Å². The lowest BCUT2D eigenvalue weighted by atomic mass is 10.2. The molecule has 0 bridgehead atoms. The average molecular weight is 358 g/mol. The number of nitrogens with one attached hydrogen (secondary N) is 2. The number of sulfonamides is 1. The van der Waals surface area contributed by atoms with Crippen LogP contribution in [0.25, 0.3) is 0 Å². The first kappa shape index (κ1) is 20.4. The van der Waals surface area contributed by atoms with Crippen LogP contribution in [0.1, 0.15) is 30.6 Å². The van der Waals surface area contributed by atoms with Crippen LogP contribution in [0, 0.1) is 0 Å². The van der Waals surface area contributed by atoms with Crippen molar-refractivity contribution < 1.29 is 22.7 Å². The van der Waals surface area contributed by atoms with E-state index < -0.39 is 10.0 Å². The third kappa shape index (κ3) is 8.28. The summed E-state index contributed by atoms with van der Waals surface area (Å²) < 4.78 is 36.5. The smallest absolute Gasteiger partial charge is 0.251 e. The lowest BCUT2D eigenvalue weighted by Crippen LogP contribution is -2.35. The van der Waals surface area contributed by atoms with Crippen molar-refractivity contribution in [1.29, 1.82) is 0 Å². The first-order valence-corrected chi connectivity index (χ1v) is 9.50. The van der Waals surface area contributed by atoms with Crippen LogP contribution in [0.15, 0.2) is 24.3 Å². The van der Waals surface area contributed by atoms with Crippen molar-refractivity contribution in [3.63, 3.8) is 0 Å². The van der Waals surface area contributed by atoms with Gasteiger partial charge in [-0.05, 0) is 44.5 Å². The molecule has 1 rings (SSSR count). The minimum absolute atomic E-state index is 0.0443. The maximum atomic E-state index is 11.9. The Morgan fingerprint density at radius 3 is 2.42 bits per heavy atom. The van der Waals surface area contributed by atoms with Crippen LogP contribution in [0.4, 0.5) is 0 Å². The fourth-order valence-electron chi connectivity index (χ4n) is 1.83. The van der Waals surface area contributed by atoms with Gasteiger partial charge in [0.05, 0.1) is 19.0 Å². The molecule has 0 aliphatic heterocycles. The molecule has 1 aromatic rings. The highest BCUT2D eigenvalue weighted by Gasteiger charge is 2.11. The second-order valence-corrected chi connectivity index (χ2v) is 7.40. The standard InChI is InChI=1S/C16H26N2O5S/c1-13(2)23-11-4-9-18-24(20,21)12-10-17-16(19)14-5-7-15(22-3)8-6-14/h5-8,13,18H,4,9-12H2,1-3H3,(H,17,19). The van der Waals surface area contributed by atoms with Gasteiger partial charge in [-0.2, -0.15) is 0 Å². The monoisotopic (exact) mass is 358 g/mol. The van der Waals surface area contributed by atoms with E-state index in [2.05, 4.69) is 10.0 Å². The molecule has 0 aromatic heterocycles. The molecule has 7 nitrogen and oxygen atoms in total. The minimum Gasteiger partial charge on any atom is -0.497 e. The van der Waals surface area contributed by atoms with Crippen LogP contribution in [-0.4, -0.2) is 53.0 Å². The number of amides is 1. The summed E-state index contributed by atoms with van der Waals surface area (Å²) in [4.78, 5) is 11.9. The highest BCUT2D eigenvalue weighted by atomic mass is 32.2. The Kier molecular flexibility index (Phi) is 8.73. The van der Waals surface area contributed by atoms with Crippen LogP contribution in [0.5, 0.6) is 5.75 Å². The van der Waals surface area contributed by atoms with Gasteiger partial charge in [0, 0.05) is 25.3 Å². The molecule has 136 valence electrons. The summed E-state index contributed by atoms with van der Waals surface area (Å²) in [6, 6.07) is 6.59. The summed E-state index contributed by atoms with van der Waals surface area (Å²) >= 11 is 0. The van der Waals surface area contributed by atoms with E-state index in [9.17, 15) is 13.2 Å². The number of carbonyl (C=O) groups is 1. The van der Waals surface area contributed by atoms with Gasteiger partial charge >= 0.3 is 0 Å². The molecule has 0 unspecified atom stereocenters. The van der Waals surface area contributed by atoms with E-state index in [1.165, 1.54) is 0 Å². The molecule has 8 heteroatoms.